The molecule has 1 aromatic rings. The van der Waals surface area contributed by atoms with Gasteiger partial charge >= 0.3 is 7.94 Å². The van der Waals surface area contributed by atoms with Crippen molar-refractivity contribution in [2.24, 2.45) is 0 Å². The van der Waals surface area contributed by atoms with Crippen molar-refractivity contribution in [3.8, 4) is 0 Å². The summed E-state index contributed by atoms with van der Waals surface area (Å²) in [4.78, 5) is 31.0. The van der Waals surface area contributed by atoms with Gasteiger partial charge in [0.15, 0.2) is 5.30 Å². The average molecular weight is 370 g/mol. The summed E-state index contributed by atoms with van der Waals surface area (Å²) in [5.74, 6) is 0. The first kappa shape index (κ1) is 22.6. The van der Waals surface area contributed by atoms with Crippen molar-refractivity contribution in [2.75, 3.05) is 0 Å². The van der Waals surface area contributed by atoms with Gasteiger partial charge in [-0.3, -0.25) is 0 Å². The van der Waals surface area contributed by atoms with Crippen molar-refractivity contribution >= 4 is 13.2 Å². The second-order valence-corrected chi connectivity index (χ2v) is 10.8. The Labute approximate surface area is 155 Å². The lowest BCUT2D eigenvalue weighted by Crippen LogP contribution is -2.36. The number of rotatable bonds is 7. The molecule has 144 valence electrons. The molecule has 4 heteroatoms. The average Bonchev–Trinajstić information content (AvgIpc) is 2.52. The van der Waals surface area contributed by atoms with Crippen LogP contribution < -0.4 is 5.30 Å². The van der Waals surface area contributed by atoms with E-state index in [1.165, 1.54) is 5.56 Å². The van der Waals surface area contributed by atoms with Crippen LogP contribution in [0.1, 0.15) is 98.3 Å². The molecule has 0 spiro atoms. The van der Waals surface area contributed by atoms with E-state index >= 15 is 0 Å². The highest BCUT2D eigenvalue weighted by Gasteiger charge is 2.46. The summed E-state index contributed by atoms with van der Waals surface area (Å²) in [5, 5.41) is 0.363. The molecule has 25 heavy (non-hydrogen) atoms. The largest absolute Gasteiger partial charge is 0.441 e. The Bertz CT molecular complexity index is 573. The molecule has 0 heterocycles. The molecular formula is C21H38O3P+. The molecule has 1 aromatic carbocycles. The van der Waals surface area contributed by atoms with E-state index in [4.69, 9.17) is 0 Å². The fourth-order valence-electron chi connectivity index (χ4n) is 2.97. The second kappa shape index (κ2) is 7.27. The summed E-state index contributed by atoms with van der Waals surface area (Å²) >= 11 is 0. The van der Waals surface area contributed by atoms with Crippen LogP contribution in [-0.2, 0) is 16.2 Å². The van der Waals surface area contributed by atoms with E-state index < -0.39 is 7.94 Å². The van der Waals surface area contributed by atoms with E-state index in [0.29, 0.717) is 5.30 Å². The number of benzene rings is 1. The zero-order valence-corrected chi connectivity index (χ0v) is 18.5. The molecule has 3 N–H and O–H groups in total. The first-order valence-electron chi connectivity index (χ1n) is 9.41. The van der Waals surface area contributed by atoms with Crippen LogP contribution in [0.4, 0.5) is 0 Å². The second-order valence-electron chi connectivity index (χ2n) is 9.20. The van der Waals surface area contributed by atoms with E-state index in [1.54, 1.807) is 0 Å². The Morgan fingerprint density at radius 1 is 0.680 bits per heavy atom. The molecule has 0 aromatic heterocycles. The Morgan fingerprint density at radius 2 is 1.00 bits per heavy atom. The summed E-state index contributed by atoms with van der Waals surface area (Å²) in [7, 11) is -4.14. The van der Waals surface area contributed by atoms with Gasteiger partial charge < -0.3 is 0 Å². The zero-order chi connectivity index (χ0) is 19.8. The van der Waals surface area contributed by atoms with Crippen LogP contribution in [-0.4, -0.2) is 14.7 Å². The molecule has 0 amide bonds. The first-order valence-corrected chi connectivity index (χ1v) is 11.1. The fourth-order valence-corrected chi connectivity index (χ4v) is 4.35. The molecule has 0 atom stereocenters. The summed E-state index contributed by atoms with van der Waals surface area (Å²) in [6.07, 6.45) is 2.69. The van der Waals surface area contributed by atoms with Gasteiger partial charge in [-0.05, 0) is 41.1 Å². The maximum absolute atomic E-state index is 10.3. The molecule has 0 bridgehead atoms. The van der Waals surface area contributed by atoms with Crippen LogP contribution in [0.3, 0.4) is 0 Å². The molecule has 1 rings (SSSR count). The Balaban J connectivity index is 4.03. The highest BCUT2D eigenvalue weighted by Crippen LogP contribution is 2.51. The molecular weight excluding hydrogens is 331 g/mol. The van der Waals surface area contributed by atoms with Gasteiger partial charge in [-0.2, -0.15) is 14.7 Å². The quantitative estimate of drug-likeness (QED) is 0.585. The number of hydrogen-bond acceptors (Lipinski definition) is 3. The van der Waals surface area contributed by atoms with Gasteiger partial charge in [-0.25, -0.2) is 0 Å². The van der Waals surface area contributed by atoms with E-state index in [1.807, 2.05) is 0 Å². The van der Waals surface area contributed by atoms with Gasteiger partial charge in [0, 0.05) is 11.1 Å². The van der Waals surface area contributed by atoms with Crippen molar-refractivity contribution in [1.29, 1.82) is 0 Å². The smallest absolute Gasteiger partial charge is 0.189 e. The zero-order valence-electron chi connectivity index (χ0n) is 17.6. The summed E-state index contributed by atoms with van der Waals surface area (Å²) in [6, 6.07) is 4.18. The van der Waals surface area contributed by atoms with Crippen LogP contribution in [0.15, 0.2) is 12.1 Å². The minimum Gasteiger partial charge on any atom is -0.189 e. The Kier molecular flexibility index (Phi) is 6.56. The molecule has 0 fully saturated rings. The molecule has 0 aliphatic rings. The highest BCUT2D eigenvalue weighted by atomic mass is 31.2. The van der Waals surface area contributed by atoms with E-state index in [-0.39, 0.29) is 16.2 Å². The lowest BCUT2D eigenvalue weighted by atomic mass is 9.72. The minimum atomic E-state index is -4.14. The summed E-state index contributed by atoms with van der Waals surface area (Å²) in [6.45, 7) is 19.2. The lowest BCUT2D eigenvalue weighted by Gasteiger charge is -2.35. The first-order chi connectivity index (χ1) is 11.1. The van der Waals surface area contributed by atoms with E-state index in [9.17, 15) is 14.7 Å². The van der Waals surface area contributed by atoms with Crippen LogP contribution in [0.5, 0.6) is 0 Å². The van der Waals surface area contributed by atoms with Crippen molar-refractivity contribution in [2.45, 2.75) is 97.8 Å². The number of hydrogen-bond donors (Lipinski definition) is 3. The minimum absolute atomic E-state index is 0.0167. The molecule has 0 aliphatic heterocycles. The van der Waals surface area contributed by atoms with Gasteiger partial charge in [-0.1, -0.05) is 74.4 Å². The summed E-state index contributed by atoms with van der Waals surface area (Å²) in [5.41, 5.74) is 2.40. The fraction of sp³-hybridized carbons (Fsp3) is 0.714. The van der Waals surface area contributed by atoms with Gasteiger partial charge in [-0.15, -0.1) is 0 Å². The normalized spacial score (nSPS) is 14.1. The molecule has 0 unspecified atom stereocenters. The summed E-state index contributed by atoms with van der Waals surface area (Å²) < 4.78 is 0. The van der Waals surface area contributed by atoms with Crippen LogP contribution in [0.2, 0.25) is 0 Å². The van der Waals surface area contributed by atoms with Gasteiger partial charge in [0.2, 0.25) is 0 Å². The van der Waals surface area contributed by atoms with Gasteiger partial charge in [0.25, 0.3) is 0 Å². The standard InChI is InChI=1S/C21H38O3P/c1-10-19(4,5)15-13-16(20(6,7)11-2)18(25(22,23)24)17(14-15)21(8,9)12-3/h13-14,22-24H,10-12H2,1-9H3/q+1. The van der Waals surface area contributed by atoms with Gasteiger partial charge in [0.05, 0.1) is 0 Å². The molecule has 0 aliphatic carbocycles. The third kappa shape index (κ3) is 4.63. The monoisotopic (exact) mass is 369 g/mol. The van der Waals surface area contributed by atoms with Crippen molar-refractivity contribution in [3.63, 3.8) is 0 Å². The SMILES string of the molecule is CCC(C)(C)c1cc(C(C)(C)CC)c([P+](O)(O)O)c(C(C)(C)CC)c1. The molecule has 0 saturated carbocycles. The van der Waals surface area contributed by atoms with Gasteiger partial charge in [0.1, 0.15) is 0 Å². The molecule has 3 nitrogen and oxygen atoms in total. The molecule has 0 saturated heterocycles. The Morgan fingerprint density at radius 3 is 1.24 bits per heavy atom. The maximum Gasteiger partial charge on any atom is 0.441 e. The van der Waals surface area contributed by atoms with Crippen LogP contribution in [0, 0.1) is 0 Å². The predicted molar refractivity (Wildman–Crippen MR) is 110 cm³/mol. The van der Waals surface area contributed by atoms with Crippen LogP contribution in [0.25, 0.3) is 0 Å². The van der Waals surface area contributed by atoms with Crippen molar-refractivity contribution in [3.05, 3.63) is 28.8 Å². The maximum atomic E-state index is 10.3. The highest BCUT2D eigenvalue weighted by molar-refractivity contribution is 7.67. The third-order valence-corrected chi connectivity index (χ3v) is 7.38. The Hall–Kier alpha value is -0.470. The lowest BCUT2D eigenvalue weighted by molar-refractivity contribution is 0.343. The molecule has 0 radical (unpaired) electrons. The van der Waals surface area contributed by atoms with Crippen LogP contribution >= 0.6 is 7.94 Å². The van der Waals surface area contributed by atoms with Crippen molar-refractivity contribution < 1.29 is 14.7 Å². The van der Waals surface area contributed by atoms with Crippen molar-refractivity contribution in [1.82, 2.24) is 0 Å². The predicted octanol–water partition coefficient (Wildman–Crippen LogP) is 5.11. The van der Waals surface area contributed by atoms with E-state index in [2.05, 4.69) is 74.4 Å². The third-order valence-electron chi connectivity index (χ3n) is 6.30. The van der Waals surface area contributed by atoms with E-state index in [0.717, 1.165) is 30.4 Å². The topological polar surface area (TPSA) is 60.7 Å².